The van der Waals surface area contributed by atoms with E-state index in [9.17, 15) is 4.79 Å². The van der Waals surface area contributed by atoms with E-state index < -0.39 is 5.97 Å². The van der Waals surface area contributed by atoms with Crippen LogP contribution in [-0.4, -0.2) is 16.1 Å². The fraction of sp³-hybridized carbons (Fsp3) is 0.286. The Morgan fingerprint density at radius 3 is 2.83 bits per heavy atom. The SMILES string of the molecule is Cc1ccccc1-c1nc(C(C)CC(=O)O)cs1. The van der Waals surface area contributed by atoms with Crippen LogP contribution in [0.2, 0.25) is 0 Å². The molecule has 3 nitrogen and oxygen atoms in total. The number of carboxylic acids is 1. The lowest BCUT2D eigenvalue weighted by atomic mass is 10.1. The van der Waals surface area contributed by atoms with Crippen molar-refractivity contribution in [3.05, 3.63) is 40.9 Å². The molecule has 0 fully saturated rings. The molecule has 0 amide bonds. The lowest BCUT2D eigenvalue weighted by Crippen LogP contribution is -2.03. The topological polar surface area (TPSA) is 50.2 Å². The summed E-state index contributed by atoms with van der Waals surface area (Å²) in [5, 5.41) is 11.7. The van der Waals surface area contributed by atoms with E-state index in [4.69, 9.17) is 5.11 Å². The Morgan fingerprint density at radius 2 is 2.17 bits per heavy atom. The van der Waals surface area contributed by atoms with Gasteiger partial charge in [0, 0.05) is 16.9 Å². The molecule has 0 saturated heterocycles. The maximum Gasteiger partial charge on any atom is 0.304 e. The second-order valence-electron chi connectivity index (χ2n) is 4.39. The van der Waals surface area contributed by atoms with Crippen molar-refractivity contribution in [2.45, 2.75) is 26.2 Å². The number of carbonyl (C=O) groups is 1. The second-order valence-corrected chi connectivity index (χ2v) is 5.25. The molecule has 1 heterocycles. The van der Waals surface area contributed by atoms with Gasteiger partial charge in [-0.25, -0.2) is 4.98 Å². The molecule has 0 aliphatic carbocycles. The van der Waals surface area contributed by atoms with E-state index in [1.807, 2.05) is 30.5 Å². The summed E-state index contributed by atoms with van der Waals surface area (Å²) in [5.41, 5.74) is 3.17. The quantitative estimate of drug-likeness (QED) is 0.913. The smallest absolute Gasteiger partial charge is 0.304 e. The molecule has 2 aromatic rings. The van der Waals surface area contributed by atoms with E-state index >= 15 is 0 Å². The van der Waals surface area contributed by atoms with Crippen LogP contribution in [0.5, 0.6) is 0 Å². The average molecular weight is 261 g/mol. The van der Waals surface area contributed by atoms with Crippen molar-refractivity contribution in [1.29, 1.82) is 0 Å². The third-order valence-electron chi connectivity index (χ3n) is 2.88. The number of carboxylic acid groups (broad SMARTS) is 1. The van der Waals surface area contributed by atoms with Gasteiger partial charge >= 0.3 is 5.97 Å². The molecule has 94 valence electrons. The lowest BCUT2D eigenvalue weighted by Gasteiger charge is -2.04. The van der Waals surface area contributed by atoms with Crippen LogP contribution in [0.4, 0.5) is 0 Å². The fourth-order valence-electron chi connectivity index (χ4n) is 1.82. The third-order valence-corrected chi connectivity index (χ3v) is 3.78. The molecule has 1 aromatic carbocycles. The molecule has 1 N–H and O–H groups in total. The summed E-state index contributed by atoms with van der Waals surface area (Å²) >= 11 is 1.57. The zero-order chi connectivity index (χ0) is 13.1. The lowest BCUT2D eigenvalue weighted by molar-refractivity contribution is -0.137. The number of aryl methyl sites for hydroxylation is 1. The molecule has 2 rings (SSSR count). The van der Waals surface area contributed by atoms with E-state index in [2.05, 4.69) is 18.0 Å². The Hall–Kier alpha value is -1.68. The van der Waals surface area contributed by atoms with Gasteiger partial charge in [0.1, 0.15) is 5.01 Å². The van der Waals surface area contributed by atoms with Gasteiger partial charge in [0.05, 0.1) is 12.1 Å². The van der Waals surface area contributed by atoms with Crippen molar-refractivity contribution in [3.8, 4) is 10.6 Å². The highest BCUT2D eigenvalue weighted by molar-refractivity contribution is 7.13. The van der Waals surface area contributed by atoms with Crippen molar-refractivity contribution >= 4 is 17.3 Å². The monoisotopic (exact) mass is 261 g/mol. The van der Waals surface area contributed by atoms with E-state index in [1.54, 1.807) is 11.3 Å². The van der Waals surface area contributed by atoms with E-state index in [0.29, 0.717) is 0 Å². The number of hydrogen-bond acceptors (Lipinski definition) is 3. The number of benzene rings is 1. The summed E-state index contributed by atoms with van der Waals surface area (Å²) in [6.07, 6.45) is 0.122. The molecule has 18 heavy (non-hydrogen) atoms. The number of rotatable bonds is 4. The number of aliphatic carboxylic acids is 1. The fourth-order valence-corrected chi connectivity index (χ4v) is 2.85. The second kappa shape index (κ2) is 5.31. The van der Waals surface area contributed by atoms with Crippen molar-refractivity contribution in [3.63, 3.8) is 0 Å². The molecule has 0 radical (unpaired) electrons. The standard InChI is InChI=1S/C14H15NO2S/c1-9-5-3-4-6-11(9)14-15-12(8-18-14)10(2)7-13(16)17/h3-6,8,10H,7H2,1-2H3,(H,16,17). The molecule has 0 aliphatic heterocycles. The number of hydrogen-bond donors (Lipinski definition) is 1. The highest BCUT2D eigenvalue weighted by Crippen LogP contribution is 2.29. The zero-order valence-corrected chi connectivity index (χ0v) is 11.2. The molecule has 1 atom stereocenters. The van der Waals surface area contributed by atoms with E-state index in [0.717, 1.165) is 16.3 Å². The Balaban J connectivity index is 2.26. The van der Waals surface area contributed by atoms with Gasteiger partial charge in [-0.05, 0) is 12.5 Å². The van der Waals surface area contributed by atoms with Gasteiger partial charge in [0.2, 0.25) is 0 Å². The molecule has 0 bridgehead atoms. The van der Waals surface area contributed by atoms with Crippen LogP contribution in [0.15, 0.2) is 29.6 Å². The minimum Gasteiger partial charge on any atom is -0.481 e. The first-order valence-corrected chi connectivity index (χ1v) is 6.69. The molecule has 1 aromatic heterocycles. The molecule has 0 spiro atoms. The van der Waals surface area contributed by atoms with E-state index in [-0.39, 0.29) is 12.3 Å². The van der Waals surface area contributed by atoms with Gasteiger partial charge in [-0.1, -0.05) is 31.2 Å². The van der Waals surface area contributed by atoms with Crippen molar-refractivity contribution in [1.82, 2.24) is 4.98 Å². The largest absolute Gasteiger partial charge is 0.481 e. The Kier molecular flexibility index (Phi) is 3.77. The minimum absolute atomic E-state index is 0.0449. The molecule has 0 saturated carbocycles. The van der Waals surface area contributed by atoms with Crippen molar-refractivity contribution in [2.24, 2.45) is 0 Å². The molecular weight excluding hydrogens is 246 g/mol. The van der Waals surface area contributed by atoms with Crippen LogP contribution in [0, 0.1) is 6.92 Å². The summed E-state index contributed by atoms with van der Waals surface area (Å²) in [6.45, 7) is 3.95. The Morgan fingerprint density at radius 1 is 1.44 bits per heavy atom. The zero-order valence-electron chi connectivity index (χ0n) is 10.4. The first kappa shape index (κ1) is 12.8. The predicted octanol–water partition coefficient (Wildman–Crippen LogP) is 3.70. The first-order valence-electron chi connectivity index (χ1n) is 5.81. The molecule has 0 aliphatic rings. The van der Waals surface area contributed by atoms with Gasteiger partial charge in [0.15, 0.2) is 0 Å². The molecular formula is C14H15NO2S. The van der Waals surface area contributed by atoms with Crippen molar-refractivity contribution < 1.29 is 9.90 Å². The summed E-state index contributed by atoms with van der Waals surface area (Å²) in [6, 6.07) is 8.08. The van der Waals surface area contributed by atoms with Gasteiger partial charge in [-0.3, -0.25) is 4.79 Å². The summed E-state index contributed by atoms with van der Waals surface area (Å²) in [7, 11) is 0. The van der Waals surface area contributed by atoms with Gasteiger partial charge < -0.3 is 5.11 Å². The van der Waals surface area contributed by atoms with E-state index in [1.165, 1.54) is 5.56 Å². The number of thiazole rings is 1. The summed E-state index contributed by atoms with van der Waals surface area (Å²) < 4.78 is 0. The Bertz CT molecular complexity index is 562. The van der Waals surface area contributed by atoms with Crippen LogP contribution in [-0.2, 0) is 4.79 Å². The van der Waals surface area contributed by atoms with Crippen LogP contribution >= 0.6 is 11.3 Å². The highest BCUT2D eigenvalue weighted by atomic mass is 32.1. The summed E-state index contributed by atoms with van der Waals surface area (Å²) in [4.78, 5) is 15.2. The normalized spacial score (nSPS) is 12.3. The highest BCUT2D eigenvalue weighted by Gasteiger charge is 2.14. The molecule has 1 unspecified atom stereocenters. The van der Waals surface area contributed by atoms with Crippen LogP contribution in [0.1, 0.15) is 30.5 Å². The van der Waals surface area contributed by atoms with Gasteiger partial charge in [-0.2, -0.15) is 0 Å². The Labute approximate surface area is 110 Å². The maximum atomic E-state index is 10.7. The average Bonchev–Trinajstić information content (AvgIpc) is 2.78. The third kappa shape index (κ3) is 2.76. The van der Waals surface area contributed by atoms with Crippen LogP contribution in [0.3, 0.4) is 0 Å². The van der Waals surface area contributed by atoms with Gasteiger partial charge in [0.25, 0.3) is 0 Å². The minimum atomic E-state index is -0.784. The molecule has 4 heteroatoms. The van der Waals surface area contributed by atoms with Crippen LogP contribution < -0.4 is 0 Å². The van der Waals surface area contributed by atoms with Gasteiger partial charge in [-0.15, -0.1) is 11.3 Å². The summed E-state index contributed by atoms with van der Waals surface area (Å²) in [5.74, 6) is -0.829. The van der Waals surface area contributed by atoms with Crippen LogP contribution in [0.25, 0.3) is 10.6 Å². The number of aromatic nitrogens is 1. The predicted molar refractivity (Wildman–Crippen MR) is 73.0 cm³/mol. The first-order chi connectivity index (χ1) is 8.58. The number of nitrogens with zero attached hydrogens (tertiary/aromatic N) is 1. The maximum absolute atomic E-state index is 10.7. The van der Waals surface area contributed by atoms with Crippen molar-refractivity contribution in [2.75, 3.05) is 0 Å².